The van der Waals surface area contributed by atoms with Crippen molar-refractivity contribution in [2.75, 3.05) is 12.3 Å². The Morgan fingerprint density at radius 2 is 1.92 bits per heavy atom. The van der Waals surface area contributed by atoms with Crippen molar-refractivity contribution < 1.29 is 8.42 Å². The average molecular weight is 359 g/mol. The first-order valence-corrected chi connectivity index (χ1v) is 10.6. The first-order valence-electron chi connectivity index (χ1n) is 8.94. The van der Waals surface area contributed by atoms with Crippen LogP contribution in [0.25, 0.3) is 0 Å². The van der Waals surface area contributed by atoms with Crippen LogP contribution in [0.15, 0.2) is 48.5 Å². The molecule has 134 valence electrons. The topological polar surface area (TPSA) is 58.2 Å². The van der Waals surface area contributed by atoms with Gasteiger partial charge in [-0.1, -0.05) is 48.5 Å². The van der Waals surface area contributed by atoms with Gasteiger partial charge in [0.05, 0.1) is 5.75 Å². The van der Waals surface area contributed by atoms with E-state index in [0.29, 0.717) is 6.54 Å². The summed E-state index contributed by atoms with van der Waals surface area (Å²) in [6.45, 7) is 3.00. The molecule has 4 nitrogen and oxygen atoms in total. The third kappa shape index (κ3) is 4.91. The highest BCUT2D eigenvalue weighted by molar-refractivity contribution is 7.89. The third-order valence-corrected chi connectivity index (χ3v) is 6.10. The van der Waals surface area contributed by atoms with E-state index < -0.39 is 10.0 Å². The van der Waals surface area contributed by atoms with Gasteiger partial charge in [0.15, 0.2) is 0 Å². The van der Waals surface area contributed by atoms with Gasteiger partial charge in [-0.3, -0.25) is 0 Å². The number of hydrogen-bond donors (Lipinski definition) is 2. The zero-order valence-electron chi connectivity index (χ0n) is 14.7. The van der Waals surface area contributed by atoms with Gasteiger partial charge in [-0.15, -0.1) is 0 Å². The fraction of sp³-hybridized carbons (Fsp3) is 0.400. The molecule has 1 aliphatic heterocycles. The van der Waals surface area contributed by atoms with Crippen molar-refractivity contribution in [1.29, 1.82) is 0 Å². The van der Waals surface area contributed by atoms with Gasteiger partial charge in [-0.05, 0) is 55.0 Å². The number of sulfonamides is 1. The minimum atomic E-state index is -3.17. The predicted molar refractivity (Wildman–Crippen MR) is 102 cm³/mol. The summed E-state index contributed by atoms with van der Waals surface area (Å²) < 4.78 is 26.1. The second kappa shape index (κ2) is 8.13. The van der Waals surface area contributed by atoms with Crippen molar-refractivity contribution in [2.45, 2.75) is 38.8 Å². The molecule has 0 aromatic heterocycles. The van der Waals surface area contributed by atoms with Crippen LogP contribution in [0.3, 0.4) is 0 Å². The maximum atomic E-state index is 11.7. The molecule has 0 radical (unpaired) electrons. The van der Waals surface area contributed by atoms with Gasteiger partial charge in [-0.2, -0.15) is 0 Å². The number of hydrogen-bond acceptors (Lipinski definition) is 3. The van der Waals surface area contributed by atoms with Crippen LogP contribution in [0.4, 0.5) is 0 Å². The number of fused-ring (bicyclic) bond motifs is 1. The minimum Gasteiger partial charge on any atom is -0.310 e. The highest BCUT2D eigenvalue weighted by Crippen LogP contribution is 2.27. The maximum absolute atomic E-state index is 11.7. The van der Waals surface area contributed by atoms with Crippen molar-refractivity contribution in [2.24, 2.45) is 0 Å². The van der Waals surface area contributed by atoms with Crippen LogP contribution in [0.1, 0.15) is 41.6 Å². The van der Waals surface area contributed by atoms with Gasteiger partial charge in [0.25, 0.3) is 0 Å². The Morgan fingerprint density at radius 1 is 1.12 bits per heavy atom. The quantitative estimate of drug-likeness (QED) is 0.835. The van der Waals surface area contributed by atoms with E-state index >= 15 is 0 Å². The Kier molecular flexibility index (Phi) is 5.89. The predicted octanol–water partition coefficient (Wildman–Crippen LogP) is 2.95. The zero-order chi connectivity index (χ0) is 17.7. The van der Waals surface area contributed by atoms with Gasteiger partial charge >= 0.3 is 0 Å². The molecule has 5 heteroatoms. The number of benzene rings is 2. The molecular formula is C20H26N2O2S. The lowest BCUT2D eigenvalue weighted by molar-refractivity contribution is 0.539. The Hall–Kier alpha value is -1.69. The Bertz CT molecular complexity index is 804. The monoisotopic (exact) mass is 358 g/mol. The van der Waals surface area contributed by atoms with E-state index in [9.17, 15) is 8.42 Å². The first kappa shape index (κ1) is 18.1. The SMILES string of the molecule is CCS(=O)(=O)NCc1ccc2c(c1)C(Cc1ccccc1)NCCC2. The molecule has 2 aromatic rings. The zero-order valence-corrected chi connectivity index (χ0v) is 15.5. The summed E-state index contributed by atoms with van der Waals surface area (Å²) in [7, 11) is -3.17. The van der Waals surface area contributed by atoms with Crippen LogP contribution < -0.4 is 10.0 Å². The lowest BCUT2D eigenvalue weighted by atomic mass is 9.92. The van der Waals surface area contributed by atoms with Crippen molar-refractivity contribution >= 4 is 10.0 Å². The molecule has 3 rings (SSSR count). The highest BCUT2D eigenvalue weighted by Gasteiger charge is 2.19. The second-order valence-corrected chi connectivity index (χ2v) is 8.65. The highest BCUT2D eigenvalue weighted by atomic mass is 32.2. The summed E-state index contributed by atoms with van der Waals surface area (Å²) in [5.41, 5.74) is 4.99. The molecule has 1 atom stereocenters. The molecule has 0 aliphatic carbocycles. The number of nitrogens with one attached hydrogen (secondary N) is 2. The van der Waals surface area contributed by atoms with Gasteiger partial charge < -0.3 is 5.32 Å². The fourth-order valence-corrected chi connectivity index (χ4v) is 3.89. The number of aryl methyl sites for hydroxylation is 1. The maximum Gasteiger partial charge on any atom is 0.211 e. The summed E-state index contributed by atoms with van der Waals surface area (Å²) in [5, 5.41) is 3.66. The van der Waals surface area contributed by atoms with Crippen LogP contribution in [0.2, 0.25) is 0 Å². The summed E-state index contributed by atoms with van der Waals surface area (Å²) >= 11 is 0. The van der Waals surface area contributed by atoms with Crippen LogP contribution in [-0.2, 0) is 29.4 Å². The van der Waals surface area contributed by atoms with Crippen LogP contribution in [-0.4, -0.2) is 20.7 Å². The lowest BCUT2D eigenvalue weighted by Gasteiger charge is -2.20. The minimum absolute atomic E-state index is 0.107. The molecule has 1 heterocycles. The van der Waals surface area contributed by atoms with Gasteiger partial charge in [-0.25, -0.2) is 13.1 Å². The first-order chi connectivity index (χ1) is 12.1. The summed E-state index contributed by atoms with van der Waals surface area (Å²) in [4.78, 5) is 0. The van der Waals surface area contributed by atoms with E-state index in [1.165, 1.54) is 16.7 Å². The molecule has 2 N–H and O–H groups in total. The standard InChI is InChI=1S/C20H26N2O2S/c1-2-25(23,24)22-15-17-10-11-18-9-6-12-21-20(19(18)13-17)14-16-7-4-3-5-8-16/h3-5,7-8,10-11,13,20-22H,2,6,9,12,14-15H2,1H3. The molecule has 0 saturated heterocycles. The molecule has 0 saturated carbocycles. The van der Waals surface area contributed by atoms with Crippen molar-refractivity contribution in [3.8, 4) is 0 Å². The van der Waals surface area contributed by atoms with Gasteiger partial charge in [0.1, 0.15) is 0 Å². The third-order valence-electron chi connectivity index (χ3n) is 4.76. The molecule has 25 heavy (non-hydrogen) atoms. The molecule has 0 amide bonds. The van der Waals surface area contributed by atoms with E-state index in [0.717, 1.165) is 31.4 Å². The average Bonchev–Trinajstić information content (AvgIpc) is 2.83. The molecule has 0 fully saturated rings. The fourth-order valence-electron chi connectivity index (χ4n) is 3.30. The van der Waals surface area contributed by atoms with Gasteiger partial charge in [0, 0.05) is 12.6 Å². The Morgan fingerprint density at radius 3 is 2.68 bits per heavy atom. The van der Waals surface area contributed by atoms with Crippen LogP contribution >= 0.6 is 0 Å². The summed E-state index contributed by atoms with van der Waals surface area (Å²) in [6.07, 6.45) is 3.13. The summed E-state index contributed by atoms with van der Waals surface area (Å²) in [6, 6.07) is 17.1. The molecule has 0 bridgehead atoms. The van der Waals surface area contributed by atoms with E-state index in [4.69, 9.17) is 0 Å². The van der Waals surface area contributed by atoms with E-state index in [1.54, 1.807) is 6.92 Å². The Balaban J connectivity index is 1.83. The lowest BCUT2D eigenvalue weighted by Crippen LogP contribution is -2.25. The van der Waals surface area contributed by atoms with Crippen molar-refractivity contribution in [3.63, 3.8) is 0 Å². The van der Waals surface area contributed by atoms with Crippen molar-refractivity contribution in [3.05, 3.63) is 70.8 Å². The smallest absolute Gasteiger partial charge is 0.211 e. The van der Waals surface area contributed by atoms with Gasteiger partial charge in [0.2, 0.25) is 10.0 Å². The Labute approximate surface area is 150 Å². The van der Waals surface area contributed by atoms with E-state index in [-0.39, 0.29) is 11.8 Å². The van der Waals surface area contributed by atoms with Crippen molar-refractivity contribution in [1.82, 2.24) is 10.0 Å². The second-order valence-electron chi connectivity index (χ2n) is 6.56. The molecular weight excluding hydrogens is 332 g/mol. The molecule has 2 aromatic carbocycles. The van der Waals surface area contributed by atoms with Crippen LogP contribution in [0, 0.1) is 0 Å². The normalized spacial score (nSPS) is 17.7. The van der Waals surface area contributed by atoms with E-state index in [1.807, 2.05) is 12.1 Å². The van der Waals surface area contributed by atoms with E-state index in [2.05, 4.69) is 46.4 Å². The largest absolute Gasteiger partial charge is 0.310 e. The number of rotatable bonds is 6. The summed E-state index contributed by atoms with van der Waals surface area (Å²) in [5.74, 6) is 0.107. The van der Waals surface area contributed by atoms with Crippen LogP contribution in [0.5, 0.6) is 0 Å². The molecule has 1 aliphatic rings. The molecule has 1 unspecified atom stereocenters. The molecule has 0 spiro atoms.